The van der Waals surface area contributed by atoms with Gasteiger partial charge in [0.2, 0.25) is 0 Å². The average Bonchev–Trinajstić information content (AvgIpc) is 2.48. The number of aromatic nitrogens is 1. The Morgan fingerprint density at radius 2 is 2.15 bits per heavy atom. The highest BCUT2D eigenvalue weighted by atomic mass is 19.1. The van der Waals surface area contributed by atoms with Crippen molar-refractivity contribution in [3.8, 4) is 11.8 Å². The summed E-state index contributed by atoms with van der Waals surface area (Å²) in [6.07, 6.45) is 2.30. The highest BCUT2D eigenvalue weighted by Gasteiger charge is 2.05. The minimum absolute atomic E-state index is 0.0927. The van der Waals surface area contributed by atoms with E-state index in [1.54, 1.807) is 24.4 Å². The largest absolute Gasteiger partial charge is 0.487 e. The van der Waals surface area contributed by atoms with Crippen LogP contribution in [0.4, 0.5) is 4.39 Å². The summed E-state index contributed by atoms with van der Waals surface area (Å²) >= 11 is 0. The van der Waals surface area contributed by atoms with E-state index in [0.29, 0.717) is 29.8 Å². The van der Waals surface area contributed by atoms with Crippen molar-refractivity contribution in [1.29, 1.82) is 5.26 Å². The second kappa shape index (κ2) is 6.64. The summed E-state index contributed by atoms with van der Waals surface area (Å²) in [4.78, 5) is 4.19. The number of pyridine rings is 1. The van der Waals surface area contributed by atoms with E-state index in [1.807, 2.05) is 12.1 Å². The first kappa shape index (κ1) is 14.0. The van der Waals surface area contributed by atoms with Crippen LogP contribution in [0.1, 0.15) is 16.8 Å². The van der Waals surface area contributed by atoms with Crippen molar-refractivity contribution in [1.82, 2.24) is 4.98 Å². The van der Waals surface area contributed by atoms with Gasteiger partial charge < -0.3 is 10.5 Å². The van der Waals surface area contributed by atoms with Gasteiger partial charge in [0.25, 0.3) is 0 Å². The summed E-state index contributed by atoms with van der Waals surface area (Å²) in [7, 11) is 0. The van der Waals surface area contributed by atoms with Crippen molar-refractivity contribution in [2.45, 2.75) is 13.0 Å². The summed E-state index contributed by atoms with van der Waals surface area (Å²) < 4.78 is 19.1. The Hall–Kier alpha value is -2.45. The molecule has 102 valence electrons. The molecule has 0 spiro atoms. The minimum Gasteiger partial charge on any atom is -0.487 e. The Morgan fingerprint density at radius 1 is 1.30 bits per heavy atom. The number of halogens is 1. The predicted molar refractivity (Wildman–Crippen MR) is 72.4 cm³/mol. The molecule has 0 bridgehead atoms. The number of hydrogen-bond donors (Lipinski definition) is 1. The average molecular weight is 271 g/mol. The molecule has 0 aliphatic heterocycles. The Morgan fingerprint density at radius 3 is 2.75 bits per heavy atom. The molecule has 2 aromatic rings. The highest BCUT2D eigenvalue weighted by Crippen LogP contribution is 2.15. The molecule has 0 aliphatic rings. The van der Waals surface area contributed by atoms with Gasteiger partial charge in [0.05, 0.1) is 17.8 Å². The van der Waals surface area contributed by atoms with Crippen LogP contribution in [0, 0.1) is 17.1 Å². The third kappa shape index (κ3) is 3.53. The van der Waals surface area contributed by atoms with Gasteiger partial charge in [-0.1, -0.05) is 6.07 Å². The molecular formula is C15H14FN3O. The lowest BCUT2D eigenvalue weighted by Gasteiger charge is -2.07. The molecule has 2 rings (SSSR count). The van der Waals surface area contributed by atoms with E-state index in [9.17, 15) is 4.39 Å². The van der Waals surface area contributed by atoms with Crippen molar-refractivity contribution >= 4 is 0 Å². The van der Waals surface area contributed by atoms with Crippen molar-refractivity contribution < 1.29 is 9.13 Å². The van der Waals surface area contributed by atoms with Gasteiger partial charge in [-0.2, -0.15) is 5.26 Å². The van der Waals surface area contributed by atoms with E-state index < -0.39 is 5.82 Å². The van der Waals surface area contributed by atoms with Gasteiger partial charge in [-0.05, 0) is 30.8 Å². The molecule has 0 amide bonds. The quantitative estimate of drug-likeness (QED) is 0.904. The maximum atomic E-state index is 13.6. The Kier molecular flexibility index (Phi) is 4.64. The van der Waals surface area contributed by atoms with Crippen molar-refractivity contribution in [3.63, 3.8) is 0 Å². The van der Waals surface area contributed by atoms with Crippen LogP contribution in [-0.2, 0) is 13.0 Å². The number of hydrogen-bond acceptors (Lipinski definition) is 4. The minimum atomic E-state index is -0.447. The Balaban J connectivity index is 2.00. The van der Waals surface area contributed by atoms with Crippen LogP contribution < -0.4 is 10.5 Å². The molecule has 20 heavy (non-hydrogen) atoms. The van der Waals surface area contributed by atoms with Gasteiger partial charge in [0.1, 0.15) is 18.2 Å². The van der Waals surface area contributed by atoms with Gasteiger partial charge >= 0.3 is 0 Å². The highest BCUT2D eigenvalue weighted by molar-refractivity contribution is 5.33. The first-order chi connectivity index (χ1) is 9.72. The first-order valence-corrected chi connectivity index (χ1v) is 6.19. The third-order valence-corrected chi connectivity index (χ3v) is 2.77. The van der Waals surface area contributed by atoms with E-state index in [4.69, 9.17) is 15.7 Å². The maximum absolute atomic E-state index is 13.6. The third-order valence-electron chi connectivity index (χ3n) is 2.77. The molecule has 4 nitrogen and oxygen atoms in total. The molecule has 1 aromatic heterocycles. The summed E-state index contributed by atoms with van der Waals surface area (Å²) in [5.41, 5.74) is 7.02. The number of nitrogens with two attached hydrogens (primary N) is 1. The molecule has 0 saturated heterocycles. The standard InChI is InChI=1S/C15H14FN3O/c16-15-7-11(8-18)1-2-12(15)10-20-14-4-3-13(5-6-17)19-9-14/h1-4,7,9H,5-6,10,17H2. The molecule has 0 saturated carbocycles. The van der Waals surface area contributed by atoms with Crippen LogP contribution in [0.15, 0.2) is 36.5 Å². The van der Waals surface area contributed by atoms with Crippen LogP contribution in [-0.4, -0.2) is 11.5 Å². The van der Waals surface area contributed by atoms with Crippen molar-refractivity contribution in [2.24, 2.45) is 5.73 Å². The molecule has 0 radical (unpaired) electrons. The second-order valence-corrected chi connectivity index (χ2v) is 4.23. The predicted octanol–water partition coefficient (Wildman–Crippen LogP) is 2.17. The number of rotatable bonds is 5. The van der Waals surface area contributed by atoms with Gasteiger partial charge in [0.15, 0.2) is 0 Å². The Labute approximate surface area is 116 Å². The lowest BCUT2D eigenvalue weighted by Crippen LogP contribution is -2.04. The lowest BCUT2D eigenvalue weighted by molar-refractivity contribution is 0.298. The van der Waals surface area contributed by atoms with Gasteiger partial charge in [-0.25, -0.2) is 4.39 Å². The van der Waals surface area contributed by atoms with Crippen LogP contribution >= 0.6 is 0 Å². The zero-order chi connectivity index (χ0) is 14.4. The van der Waals surface area contributed by atoms with Gasteiger partial charge in [-0.15, -0.1) is 0 Å². The maximum Gasteiger partial charge on any atom is 0.138 e. The van der Waals surface area contributed by atoms with E-state index in [1.165, 1.54) is 6.07 Å². The number of ether oxygens (including phenoxy) is 1. The van der Waals surface area contributed by atoms with Crippen LogP contribution in [0.25, 0.3) is 0 Å². The normalized spacial score (nSPS) is 10.1. The van der Waals surface area contributed by atoms with E-state index >= 15 is 0 Å². The monoisotopic (exact) mass is 271 g/mol. The van der Waals surface area contributed by atoms with Crippen molar-refractivity contribution in [3.05, 3.63) is 59.2 Å². The van der Waals surface area contributed by atoms with Crippen LogP contribution in [0.5, 0.6) is 5.75 Å². The van der Waals surface area contributed by atoms with Crippen molar-refractivity contribution in [2.75, 3.05) is 6.54 Å². The van der Waals surface area contributed by atoms with E-state index in [2.05, 4.69) is 4.98 Å². The van der Waals surface area contributed by atoms with E-state index in [-0.39, 0.29) is 6.61 Å². The van der Waals surface area contributed by atoms with Gasteiger partial charge in [0, 0.05) is 17.7 Å². The number of benzene rings is 1. The summed E-state index contributed by atoms with van der Waals surface area (Å²) in [5, 5.41) is 8.67. The lowest BCUT2D eigenvalue weighted by atomic mass is 10.1. The molecule has 0 fully saturated rings. The summed E-state index contributed by atoms with van der Waals surface area (Å²) in [5.74, 6) is 0.117. The molecule has 1 heterocycles. The van der Waals surface area contributed by atoms with E-state index in [0.717, 1.165) is 5.69 Å². The van der Waals surface area contributed by atoms with Gasteiger partial charge in [-0.3, -0.25) is 4.98 Å². The SMILES string of the molecule is N#Cc1ccc(COc2ccc(CCN)nc2)c(F)c1. The topological polar surface area (TPSA) is 71.9 Å². The molecule has 0 aliphatic carbocycles. The van der Waals surface area contributed by atoms with Crippen LogP contribution in [0.2, 0.25) is 0 Å². The molecular weight excluding hydrogens is 257 g/mol. The molecule has 0 unspecified atom stereocenters. The van der Waals surface area contributed by atoms with Crippen LogP contribution in [0.3, 0.4) is 0 Å². The molecule has 0 atom stereocenters. The second-order valence-electron chi connectivity index (χ2n) is 4.23. The fourth-order valence-corrected chi connectivity index (χ4v) is 1.69. The summed E-state index contributed by atoms with van der Waals surface area (Å²) in [6.45, 7) is 0.638. The zero-order valence-electron chi connectivity index (χ0n) is 10.8. The summed E-state index contributed by atoms with van der Waals surface area (Å²) in [6, 6.07) is 9.80. The first-order valence-electron chi connectivity index (χ1n) is 6.19. The fraction of sp³-hybridized carbons (Fsp3) is 0.200. The number of nitrogens with zero attached hydrogens (tertiary/aromatic N) is 2. The smallest absolute Gasteiger partial charge is 0.138 e. The molecule has 5 heteroatoms. The number of nitriles is 1. The molecule has 1 aromatic carbocycles. The Bertz CT molecular complexity index is 620. The zero-order valence-corrected chi connectivity index (χ0v) is 10.8. The fourth-order valence-electron chi connectivity index (χ4n) is 1.69. The molecule has 2 N–H and O–H groups in total.